The van der Waals surface area contributed by atoms with E-state index in [4.69, 9.17) is 14.6 Å². The van der Waals surface area contributed by atoms with E-state index >= 15 is 0 Å². The van der Waals surface area contributed by atoms with Gasteiger partial charge in [0, 0.05) is 19.5 Å². The maximum absolute atomic E-state index is 12.0. The van der Waals surface area contributed by atoms with E-state index < -0.39 is 18.8 Å². The molecule has 4 nitrogen and oxygen atoms in total. The first-order valence-corrected chi connectivity index (χ1v) is 5.06. The van der Waals surface area contributed by atoms with Crippen molar-refractivity contribution in [2.45, 2.75) is 25.0 Å². The van der Waals surface area contributed by atoms with Crippen LogP contribution in [0.4, 0.5) is 13.2 Å². The summed E-state index contributed by atoms with van der Waals surface area (Å²) in [5.41, 5.74) is 0. The first kappa shape index (κ1) is 13.7. The third-order valence-electron chi connectivity index (χ3n) is 2.30. The Balaban J connectivity index is 2.17. The highest BCUT2D eigenvalue weighted by Crippen LogP contribution is 2.20. The summed E-state index contributed by atoms with van der Waals surface area (Å²) in [6, 6.07) is 0. The quantitative estimate of drug-likeness (QED) is 0.768. The van der Waals surface area contributed by atoms with Crippen molar-refractivity contribution in [3.8, 4) is 0 Å². The lowest BCUT2D eigenvalue weighted by atomic mass is 10.3. The Morgan fingerprint density at radius 1 is 1.38 bits per heavy atom. The van der Waals surface area contributed by atoms with Crippen LogP contribution in [0.1, 0.15) is 6.42 Å². The molecule has 0 unspecified atom stereocenters. The molecule has 0 saturated carbocycles. The van der Waals surface area contributed by atoms with E-state index in [0.717, 1.165) is 0 Å². The second kappa shape index (κ2) is 5.81. The minimum absolute atomic E-state index is 0.328. The monoisotopic (exact) mass is 243 g/mol. The summed E-state index contributed by atoms with van der Waals surface area (Å²) in [5.74, 6) is 0. The summed E-state index contributed by atoms with van der Waals surface area (Å²) in [5, 5.41) is 8.82. The van der Waals surface area contributed by atoms with Gasteiger partial charge in [0.1, 0.15) is 0 Å². The molecule has 1 aliphatic rings. The molecule has 0 amide bonds. The topological polar surface area (TPSA) is 41.9 Å². The van der Waals surface area contributed by atoms with E-state index in [1.165, 1.54) is 11.9 Å². The van der Waals surface area contributed by atoms with Crippen molar-refractivity contribution < 1.29 is 27.8 Å². The molecule has 1 saturated heterocycles. The van der Waals surface area contributed by atoms with Crippen LogP contribution < -0.4 is 0 Å². The van der Waals surface area contributed by atoms with Gasteiger partial charge in [-0.3, -0.25) is 0 Å². The number of hydrogen-bond acceptors (Lipinski definition) is 4. The van der Waals surface area contributed by atoms with Gasteiger partial charge in [-0.05, 0) is 7.05 Å². The molecular formula is C9H16F3NO3. The SMILES string of the molecule is CN(CCC1OCCO1)C[C@@H](O)C(F)(F)F. The number of aliphatic hydroxyl groups is 1. The van der Waals surface area contributed by atoms with Gasteiger partial charge in [0.15, 0.2) is 12.4 Å². The van der Waals surface area contributed by atoms with Crippen LogP contribution in [0.2, 0.25) is 0 Å². The molecule has 0 bridgehead atoms. The lowest BCUT2D eigenvalue weighted by Gasteiger charge is -2.22. The molecule has 1 aliphatic heterocycles. The molecule has 1 N–H and O–H groups in total. The van der Waals surface area contributed by atoms with Crippen LogP contribution in [0.3, 0.4) is 0 Å². The van der Waals surface area contributed by atoms with Gasteiger partial charge in [0.25, 0.3) is 0 Å². The predicted molar refractivity (Wildman–Crippen MR) is 49.9 cm³/mol. The molecular weight excluding hydrogens is 227 g/mol. The van der Waals surface area contributed by atoms with Crippen LogP contribution in [0.5, 0.6) is 0 Å². The normalized spacial score (nSPS) is 20.6. The molecule has 0 aromatic carbocycles. The fourth-order valence-electron chi connectivity index (χ4n) is 1.39. The van der Waals surface area contributed by atoms with Gasteiger partial charge >= 0.3 is 6.18 Å². The number of ether oxygens (including phenoxy) is 2. The van der Waals surface area contributed by atoms with Gasteiger partial charge in [0.05, 0.1) is 13.2 Å². The number of alkyl halides is 3. The maximum Gasteiger partial charge on any atom is 0.415 e. The van der Waals surface area contributed by atoms with E-state index in [2.05, 4.69) is 0 Å². The highest BCUT2D eigenvalue weighted by molar-refractivity contribution is 4.69. The van der Waals surface area contributed by atoms with E-state index in [1.54, 1.807) is 0 Å². The van der Waals surface area contributed by atoms with Crippen LogP contribution in [0.25, 0.3) is 0 Å². The molecule has 1 rings (SSSR count). The molecule has 1 heterocycles. The summed E-state index contributed by atoms with van der Waals surface area (Å²) in [6.45, 7) is 1.01. The lowest BCUT2D eigenvalue weighted by molar-refractivity contribution is -0.207. The van der Waals surface area contributed by atoms with Crippen molar-refractivity contribution in [3.05, 3.63) is 0 Å². The Labute approximate surface area is 91.9 Å². The highest BCUT2D eigenvalue weighted by Gasteiger charge is 2.38. The van der Waals surface area contributed by atoms with Crippen molar-refractivity contribution in [1.82, 2.24) is 4.90 Å². The highest BCUT2D eigenvalue weighted by atomic mass is 19.4. The van der Waals surface area contributed by atoms with Gasteiger partial charge in [-0.2, -0.15) is 13.2 Å². The molecule has 0 radical (unpaired) electrons. The van der Waals surface area contributed by atoms with Crippen LogP contribution >= 0.6 is 0 Å². The van der Waals surface area contributed by atoms with Gasteiger partial charge < -0.3 is 19.5 Å². The average Bonchev–Trinajstić information content (AvgIpc) is 2.65. The van der Waals surface area contributed by atoms with E-state index in [9.17, 15) is 13.2 Å². The van der Waals surface area contributed by atoms with Crippen LogP contribution in [-0.2, 0) is 9.47 Å². The summed E-state index contributed by atoms with van der Waals surface area (Å²) >= 11 is 0. The second-order valence-corrected chi connectivity index (χ2v) is 3.78. The van der Waals surface area contributed by atoms with Crippen molar-refractivity contribution >= 4 is 0 Å². The number of nitrogens with zero attached hydrogens (tertiary/aromatic N) is 1. The zero-order valence-electron chi connectivity index (χ0n) is 9.04. The zero-order valence-corrected chi connectivity index (χ0v) is 9.04. The Morgan fingerprint density at radius 2 is 1.94 bits per heavy atom. The molecule has 1 fully saturated rings. The fourth-order valence-corrected chi connectivity index (χ4v) is 1.39. The van der Waals surface area contributed by atoms with Crippen molar-refractivity contribution in [2.75, 3.05) is 33.4 Å². The summed E-state index contributed by atoms with van der Waals surface area (Å²) < 4.78 is 46.4. The maximum atomic E-state index is 12.0. The van der Waals surface area contributed by atoms with Crippen molar-refractivity contribution in [1.29, 1.82) is 0 Å². The molecule has 0 aromatic rings. The molecule has 0 aromatic heterocycles. The number of hydrogen-bond donors (Lipinski definition) is 1. The molecule has 0 spiro atoms. The van der Waals surface area contributed by atoms with E-state index in [1.807, 2.05) is 0 Å². The minimum atomic E-state index is -4.56. The van der Waals surface area contributed by atoms with Crippen LogP contribution in [0, 0.1) is 0 Å². The first-order valence-electron chi connectivity index (χ1n) is 5.06. The number of aliphatic hydroxyl groups excluding tert-OH is 1. The first-order chi connectivity index (χ1) is 7.39. The summed E-state index contributed by atoms with van der Waals surface area (Å²) in [6.07, 6.45) is -6.69. The third-order valence-corrected chi connectivity index (χ3v) is 2.30. The van der Waals surface area contributed by atoms with Crippen molar-refractivity contribution in [2.24, 2.45) is 0 Å². The fraction of sp³-hybridized carbons (Fsp3) is 1.00. The molecule has 96 valence electrons. The van der Waals surface area contributed by atoms with Gasteiger partial charge in [-0.25, -0.2) is 0 Å². The third kappa shape index (κ3) is 4.65. The van der Waals surface area contributed by atoms with Gasteiger partial charge in [-0.1, -0.05) is 0 Å². The Bertz CT molecular complexity index is 207. The minimum Gasteiger partial charge on any atom is -0.382 e. The zero-order chi connectivity index (χ0) is 12.2. The summed E-state index contributed by atoms with van der Waals surface area (Å²) in [4.78, 5) is 1.41. The Kier molecular flexibility index (Phi) is 4.97. The largest absolute Gasteiger partial charge is 0.415 e. The number of rotatable bonds is 5. The van der Waals surface area contributed by atoms with E-state index in [-0.39, 0.29) is 6.29 Å². The van der Waals surface area contributed by atoms with Crippen LogP contribution in [0.15, 0.2) is 0 Å². The lowest BCUT2D eigenvalue weighted by Crippen LogP contribution is -2.40. The van der Waals surface area contributed by atoms with Gasteiger partial charge in [-0.15, -0.1) is 0 Å². The van der Waals surface area contributed by atoms with Gasteiger partial charge in [0.2, 0.25) is 0 Å². The average molecular weight is 243 g/mol. The van der Waals surface area contributed by atoms with Crippen LogP contribution in [-0.4, -0.2) is 61.9 Å². The molecule has 0 aliphatic carbocycles. The molecule has 16 heavy (non-hydrogen) atoms. The number of halogens is 3. The Hall–Kier alpha value is -0.370. The Morgan fingerprint density at radius 3 is 2.44 bits per heavy atom. The van der Waals surface area contributed by atoms with Crippen molar-refractivity contribution in [3.63, 3.8) is 0 Å². The standard InChI is InChI=1S/C9H16F3NO3/c1-13(6-7(14)9(10,11)12)3-2-8-15-4-5-16-8/h7-8,14H,2-6H2,1H3/t7-/m1/s1. The predicted octanol–water partition coefficient (Wildman–Crippen LogP) is 0.604. The summed E-state index contributed by atoms with van der Waals surface area (Å²) in [7, 11) is 1.52. The van der Waals surface area contributed by atoms with E-state index in [0.29, 0.717) is 26.2 Å². The smallest absolute Gasteiger partial charge is 0.382 e. The molecule has 1 atom stereocenters. The molecule has 7 heteroatoms. The number of likely N-dealkylation sites (N-methyl/N-ethyl adjacent to an activating group) is 1. The second-order valence-electron chi connectivity index (χ2n) is 3.78.